The quantitative estimate of drug-likeness (QED) is 0.828. The molecule has 0 aromatic heterocycles. The van der Waals surface area contributed by atoms with Crippen molar-refractivity contribution in [3.63, 3.8) is 0 Å². The van der Waals surface area contributed by atoms with Crippen molar-refractivity contribution in [1.29, 1.82) is 0 Å². The van der Waals surface area contributed by atoms with Crippen molar-refractivity contribution in [2.24, 2.45) is 5.73 Å². The van der Waals surface area contributed by atoms with Gasteiger partial charge in [0.05, 0.1) is 4.90 Å². The highest BCUT2D eigenvalue weighted by Crippen LogP contribution is 2.19. The number of benzene rings is 1. The summed E-state index contributed by atoms with van der Waals surface area (Å²) in [6.07, 6.45) is 1.32. The molecule has 1 unspecified atom stereocenters. The highest BCUT2D eigenvalue weighted by atomic mass is 32.2. The average Bonchev–Trinajstić information content (AvgIpc) is 2.28. The highest BCUT2D eigenvalue weighted by Gasteiger charge is 2.28. The molecule has 1 aromatic rings. The van der Waals surface area contributed by atoms with Crippen molar-refractivity contribution in [3.8, 4) is 0 Å². The molecule has 0 aliphatic heterocycles. The maximum absolute atomic E-state index is 12.3. The van der Waals surface area contributed by atoms with Crippen LogP contribution in [-0.4, -0.2) is 20.5 Å². The molecule has 0 aliphatic rings. The van der Waals surface area contributed by atoms with Gasteiger partial charge in [-0.3, -0.25) is 0 Å². The lowest BCUT2D eigenvalue weighted by atomic mass is 9.96. The number of aryl methyl sites for hydroxylation is 1. The smallest absolute Gasteiger partial charge is 0.241 e. The predicted molar refractivity (Wildman–Crippen MR) is 73.9 cm³/mol. The molecule has 0 heterocycles. The molecule has 1 aromatic carbocycles. The van der Waals surface area contributed by atoms with E-state index in [1.54, 1.807) is 18.2 Å². The van der Waals surface area contributed by atoms with E-state index in [2.05, 4.69) is 4.72 Å². The van der Waals surface area contributed by atoms with E-state index in [1.807, 2.05) is 26.8 Å². The van der Waals surface area contributed by atoms with Crippen LogP contribution < -0.4 is 10.5 Å². The maximum atomic E-state index is 12.3. The summed E-state index contributed by atoms with van der Waals surface area (Å²) < 4.78 is 27.3. The minimum Gasteiger partial charge on any atom is -0.330 e. The normalized spacial score (nSPS) is 15.3. The maximum Gasteiger partial charge on any atom is 0.241 e. The fraction of sp³-hybridized carbons (Fsp3) is 0.538. The molecular formula is C13H22N2O2S. The van der Waals surface area contributed by atoms with Crippen molar-refractivity contribution in [1.82, 2.24) is 4.72 Å². The summed E-state index contributed by atoms with van der Waals surface area (Å²) in [4.78, 5) is 0.305. The largest absolute Gasteiger partial charge is 0.330 e. The molecule has 0 aliphatic carbocycles. The molecular weight excluding hydrogens is 248 g/mol. The van der Waals surface area contributed by atoms with E-state index in [9.17, 15) is 8.42 Å². The highest BCUT2D eigenvalue weighted by molar-refractivity contribution is 7.89. The Morgan fingerprint density at radius 2 is 2.06 bits per heavy atom. The van der Waals surface area contributed by atoms with Crippen molar-refractivity contribution >= 4 is 10.0 Å². The lowest BCUT2D eigenvalue weighted by molar-refractivity contribution is 0.379. The molecule has 0 radical (unpaired) electrons. The number of nitrogens with two attached hydrogens (primary N) is 1. The summed E-state index contributed by atoms with van der Waals surface area (Å²) in [6.45, 7) is 6.17. The van der Waals surface area contributed by atoms with Crippen molar-refractivity contribution in [2.45, 2.75) is 44.0 Å². The Kier molecular flexibility index (Phi) is 4.90. The van der Waals surface area contributed by atoms with Gasteiger partial charge in [0.15, 0.2) is 0 Å². The van der Waals surface area contributed by atoms with Gasteiger partial charge in [-0.2, -0.15) is 0 Å². The van der Waals surface area contributed by atoms with E-state index in [0.717, 1.165) is 5.56 Å². The molecule has 0 saturated heterocycles. The van der Waals surface area contributed by atoms with Gasteiger partial charge in [-0.25, -0.2) is 13.1 Å². The zero-order valence-electron chi connectivity index (χ0n) is 11.2. The summed E-state index contributed by atoms with van der Waals surface area (Å²) in [6, 6.07) is 6.89. The van der Waals surface area contributed by atoms with Gasteiger partial charge in [0.1, 0.15) is 0 Å². The Bertz CT molecular complexity index is 499. The van der Waals surface area contributed by atoms with Crippen LogP contribution in [0.25, 0.3) is 0 Å². The van der Waals surface area contributed by atoms with Crippen LogP contribution in [-0.2, 0) is 10.0 Å². The molecule has 1 atom stereocenters. The molecule has 1 rings (SSSR count). The second-order valence-corrected chi connectivity index (χ2v) is 6.56. The van der Waals surface area contributed by atoms with E-state index >= 15 is 0 Å². The summed E-state index contributed by atoms with van der Waals surface area (Å²) in [5.41, 5.74) is 5.97. The summed E-state index contributed by atoms with van der Waals surface area (Å²) >= 11 is 0. The number of hydrogen-bond acceptors (Lipinski definition) is 3. The van der Waals surface area contributed by atoms with Crippen molar-refractivity contribution in [3.05, 3.63) is 29.8 Å². The topological polar surface area (TPSA) is 72.2 Å². The number of nitrogens with one attached hydrogen (secondary N) is 1. The third-order valence-corrected chi connectivity index (χ3v) is 4.79. The average molecular weight is 270 g/mol. The van der Waals surface area contributed by atoms with Crippen LogP contribution >= 0.6 is 0 Å². The number of rotatable bonds is 6. The molecule has 5 heteroatoms. The van der Waals surface area contributed by atoms with Crippen LogP contribution in [0.3, 0.4) is 0 Å². The first-order valence-electron chi connectivity index (χ1n) is 6.14. The minimum absolute atomic E-state index is 0.305. The standard InChI is InChI=1S/C13H22N2O2S/c1-4-13(3,8-9-14)15-18(16,17)12-7-5-6-11(2)10-12/h5-7,10,15H,4,8-9,14H2,1-3H3. The second-order valence-electron chi connectivity index (χ2n) is 4.87. The van der Waals surface area contributed by atoms with Gasteiger partial charge in [0.2, 0.25) is 10.0 Å². The Hall–Kier alpha value is -0.910. The molecule has 102 valence electrons. The van der Waals surface area contributed by atoms with E-state index in [4.69, 9.17) is 5.73 Å². The Morgan fingerprint density at radius 3 is 2.56 bits per heavy atom. The molecule has 0 bridgehead atoms. The van der Waals surface area contributed by atoms with Crippen molar-refractivity contribution in [2.75, 3.05) is 6.54 Å². The first kappa shape index (κ1) is 15.1. The molecule has 3 N–H and O–H groups in total. The first-order chi connectivity index (χ1) is 8.33. The van der Waals surface area contributed by atoms with E-state index in [1.165, 1.54) is 0 Å². The lowest BCUT2D eigenvalue weighted by Gasteiger charge is -2.28. The molecule has 4 nitrogen and oxygen atoms in total. The summed E-state index contributed by atoms with van der Waals surface area (Å²) in [5.74, 6) is 0. The van der Waals surface area contributed by atoms with E-state index in [-0.39, 0.29) is 0 Å². The number of sulfonamides is 1. The second kappa shape index (κ2) is 5.82. The van der Waals surface area contributed by atoms with Gasteiger partial charge in [0.25, 0.3) is 0 Å². The Morgan fingerprint density at radius 1 is 1.39 bits per heavy atom. The zero-order valence-corrected chi connectivity index (χ0v) is 12.0. The first-order valence-corrected chi connectivity index (χ1v) is 7.62. The van der Waals surface area contributed by atoms with Gasteiger partial charge in [-0.1, -0.05) is 19.1 Å². The summed E-state index contributed by atoms with van der Waals surface area (Å²) in [5, 5.41) is 0. The predicted octanol–water partition coefficient (Wildman–Crippen LogP) is 1.79. The summed E-state index contributed by atoms with van der Waals surface area (Å²) in [7, 11) is -3.48. The van der Waals surface area contributed by atoms with E-state index < -0.39 is 15.6 Å². The van der Waals surface area contributed by atoms with Crippen LogP contribution in [0.15, 0.2) is 29.2 Å². The molecule has 0 fully saturated rings. The third-order valence-electron chi connectivity index (χ3n) is 3.16. The van der Waals surface area contributed by atoms with Crippen LogP contribution in [0.2, 0.25) is 0 Å². The molecule has 18 heavy (non-hydrogen) atoms. The van der Waals surface area contributed by atoms with Gasteiger partial charge in [-0.15, -0.1) is 0 Å². The van der Waals surface area contributed by atoms with Gasteiger partial charge >= 0.3 is 0 Å². The number of hydrogen-bond donors (Lipinski definition) is 2. The molecule has 0 spiro atoms. The Balaban J connectivity index is 3.01. The van der Waals surface area contributed by atoms with Crippen LogP contribution in [0.1, 0.15) is 32.3 Å². The monoisotopic (exact) mass is 270 g/mol. The Labute approximate surface area is 110 Å². The zero-order chi connectivity index (χ0) is 13.8. The fourth-order valence-corrected chi connectivity index (χ4v) is 3.40. The van der Waals surface area contributed by atoms with Crippen LogP contribution in [0.4, 0.5) is 0 Å². The van der Waals surface area contributed by atoms with Gasteiger partial charge in [-0.05, 0) is 50.9 Å². The van der Waals surface area contributed by atoms with E-state index in [0.29, 0.717) is 24.3 Å². The van der Waals surface area contributed by atoms with Gasteiger partial charge < -0.3 is 5.73 Å². The van der Waals surface area contributed by atoms with Crippen LogP contribution in [0.5, 0.6) is 0 Å². The minimum atomic E-state index is -3.48. The van der Waals surface area contributed by atoms with Crippen LogP contribution in [0, 0.1) is 6.92 Å². The van der Waals surface area contributed by atoms with Crippen molar-refractivity contribution < 1.29 is 8.42 Å². The SMILES string of the molecule is CCC(C)(CCN)NS(=O)(=O)c1cccc(C)c1. The fourth-order valence-electron chi connectivity index (χ4n) is 1.78. The van der Waals surface area contributed by atoms with Gasteiger partial charge in [0, 0.05) is 5.54 Å². The molecule has 0 amide bonds. The molecule has 0 saturated carbocycles. The third kappa shape index (κ3) is 3.80. The lowest BCUT2D eigenvalue weighted by Crippen LogP contribution is -2.46.